The van der Waals surface area contributed by atoms with E-state index in [1.807, 2.05) is 0 Å². The van der Waals surface area contributed by atoms with Crippen LogP contribution >= 0.6 is 12.2 Å². The van der Waals surface area contributed by atoms with E-state index in [0.29, 0.717) is 11.1 Å². The highest BCUT2D eigenvalue weighted by molar-refractivity contribution is 7.80. The van der Waals surface area contributed by atoms with Crippen molar-refractivity contribution in [3.8, 4) is 0 Å². The normalized spacial score (nSPS) is 11.3. The van der Waals surface area contributed by atoms with Crippen LogP contribution in [0.2, 0.25) is 0 Å². The van der Waals surface area contributed by atoms with Crippen LogP contribution in [0.1, 0.15) is 33.1 Å². The third kappa shape index (κ3) is 11.7. The molecule has 0 bridgehead atoms. The number of nitrogens with zero attached hydrogens (tertiary/aromatic N) is 1. The zero-order valence-corrected chi connectivity index (χ0v) is 11.0. The molecule has 0 heterocycles. The third-order valence-corrected chi connectivity index (χ3v) is 2.34. The van der Waals surface area contributed by atoms with Crippen molar-refractivity contribution in [3.05, 3.63) is 0 Å². The van der Waals surface area contributed by atoms with Crippen molar-refractivity contribution >= 4 is 17.2 Å². The summed E-state index contributed by atoms with van der Waals surface area (Å²) in [7, 11) is 2.12. The molecule has 3 nitrogen and oxygen atoms in total. The van der Waals surface area contributed by atoms with E-state index in [1.54, 1.807) is 0 Å². The Hall–Kier alpha value is -0.190. The second-order valence-corrected chi connectivity index (χ2v) is 4.67. The van der Waals surface area contributed by atoms with E-state index < -0.39 is 0 Å². The minimum Gasteiger partial charge on any atom is -0.393 e. The molecule has 0 aliphatic rings. The molecule has 0 spiro atoms. The van der Waals surface area contributed by atoms with Gasteiger partial charge in [-0.3, -0.25) is 0 Å². The summed E-state index contributed by atoms with van der Waals surface area (Å²) in [4.78, 5) is 2.91. The van der Waals surface area contributed by atoms with Crippen molar-refractivity contribution in [2.75, 3.05) is 26.7 Å². The van der Waals surface area contributed by atoms with Gasteiger partial charge in [-0.05, 0) is 46.7 Å². The lowest BCUT2D eigenvalue weighted by molar-refractivity contribution is 0.0636. The second kappa shape index (κ2) is 9.07. The van der Waals surface area contributed by atoms with Crippen LogP contribution in [0.3, 0.4) is 0 Å². The summed E-state index contributed by atoms with van der Waals surface area (Å²) in [6.45, 7) is 7.00. The molecule has 2 N–H and O–H groups in total. The highest BCUT2D eigenvalue weighted by atomic mass is 32.1. The lowest BCUT2D eigenvalue weighted by Gasteiger charge is -2.17. The first-order chi connectivity index (χ1) is 7.02. The van der Waals surface area contributed by atoms with Crippen LogP contribution < -0.4 is 5.73 Å². The van der Waals surface area contributed by atoms with Crippen LogP contribution in [0, 0.1) is 0 Å². The van der Waals surface area contributed by atoms with Gasteiger partial charge in [0.05, 0.1) is 17.7 Å². The van der Waals surface area contributed by atoms with E-state index in [1.165, 1.54) is 0 Å². The van der Waals surface area contributed by atoms with Gasteiger partial charge < -0.3 is 15.4 Å². The summed E-state index contributed by atoms with van der Waals surface area (Å²) >= 11 is 4.82. The zero-order chi connectivity index (χ0) is 11.7. The van der Waals surface area contributed by atoms with Crippen LogP contribution in [-0.4, -0.2) is 42.7 Å². The Morgan fingerprint density at radius 2 is 2.00 bits per heavy atom. The van der Waals surface area contributed by atoms with Crippen molar-refractivity contribution in [2.24, 2.45) is 5.73 Å². The Morgan fingerprint density at radius 3 is 2.53 bits per heavy atom. The molecule has 0 rings (SSSR count). The predicted molar refractivity (Wildman–Crippen MR) is 69.2 cm³/mol. The Morgan fingerprint density at radius 1 is 1.33 bits per heavy atom. The molecule has 0 aromatic rings. The lowest BCUT2D eigenvalue weighted by Crippen LogP contribution is -2.25. The maximum absolute atomic E-state index is 5.47. The molecule has 4 heteroatoms. The van der Waals surface area contributed by atoms with Crippen LogP contribution in [-0.2, 0) is 4.74 Å². The van der Waals surface area contributed by atoms with Gasteiger partial charge in [0.15, 0.2) is 0 Å². The first kappa shape index (κ1) is 14.8. The topological polar surface area (TPSA) is 38.5 Å². The SMILES string of the molecule is CC(C)OCCN(C)CCCCC(N)=S. The van der Waals surface area contributed by atoms with Gasteiger partial charge >= 0.3 is 0 Å². The number of nitrogens with two attached hydrogens (primary N) is 1. The Kier molecular flexibility index (Phi) is 8.95. The maximum Gasteiger partial charge on any atom is 0.0727 e. The molecule has 0 radical (unpaired) electrons. The van der Waals surface area contributed by atoms with Crippen molar-refractivity contribution in [1.82, 2.24) is 4.90 Å². The number of hydrogen-bond donors (Lipinski definition) is 1. The monoisotopic (exact) mass is 232 g/mol. The van der Waals surface area contributed by atoms with E-state index in [2.05, 4.69) is 25.8 Å². The van der Waals surface area contributed by atoms with Gasteiger partial charge in [-0.15, -0.1) is 0 Å². The Labute approximate surface area is 99.0 Å². The van der Waals surface area contributed by atoms with E-state index >= 15 is 0 Å². The molecule has 0 fully saturated rings. The molecular weight excluding hydrogens is 208 g/mol. The average molecular weight is 232 g/mol. The Bertz CT molecular complexity index is 174. The third-order valence-electron chi connectivity index (χ3n) is 2.14. The number of thiocarbonyl (C=S) groups is 1. The van der Waals surface area contributed by atoms with Crippen molar-refractivity contribution in [2.45, 2.75) is 39.2 Å². The number of rotatable bonds is 9. The number of likely N-dealkylation sites (N-methyl/N-ethyl adjacent to an activating group) is 1. The summed E-state index contributed by atoms with van der Waals surface area (Å²) in [5, 5.41) is 0. The summed E-state index contributed by atoms with van der Waals surface area (Å²) in [5.41, 5.74) is 5.42. The van der Waals surface area contributed by atoms with E-state index in [9.17, 15) is 0 Å². The fraction of sp³-hybridized carbons (Fsp3) is 0.909. The van der Waals surface area contributed by atoms with Gasteiger partial charge in [-0.1, -0.05) is 12.2 Å². The molecule has 0 unspecified atom stereocenters. The van der Waals surface area contributed by atoms with E-state index in [0.717, 1.165) is 39.0 Å². The summed E-state index contributed by atoms with van der Waals surface area (Å²) < 4.78 is 5.47. The van der Waals surface area contributed by atoms with Gasteiger partial charge in [0.1, 0.15) is 0 Å². The molecule has 15 heavy (non-hydrogen) atoms. The molecule has 0 saturated heterocycles. The number of unbranched alkanes of at least 4 members (excludes halogenated alkanes) is 1. The highest BCUT2D eigenvalue weighted by Gasteiger charge is 1.99. The molecule has 0 amide bonds. The minimum absolute atomic E-state index is 0.327. The lowest BCUT2D eigenvalue weighted by atomic mass is 10.2. The standard InChI is InChI=1S/C11H24N2OS/c1-10(2)14-9-8-13(3)7-5-4-6-11(12)15/h10H,4-9H2,1-3H3,(H2,12,15). The molecule has 0 aliphatic carbocycles. The molecule has 0 aromatic heterocycles. The smallest absolute Gasteiger partial charge is 0.0727 e. The van der Waals surface area contributed by atoms with Crippen LogP contribution in [0.5, 0.6) is 0 Å². The predicted octanol–water partition coefficient (Wildman–Crippen LogP) is 1.80. The fourth-order valence-corrected chi connectivity index (χ4v) is 1.38. The van der Waals surface area contributed by atoms with Crippen LogP contribution in [0.4, 0.5) is 0 Å². The van der Waals surface area contributed by atoms with E-state index in [4.69, 9.17) is 22.7 Å². The zero-order valence-electron chi connectivity index (χ0n) is 10.2. The van der Waals surface area contributed by atoms with E-state index in [-0.39, 0.29) is 0 Å². The maximum atomic E-state index is 5.47. The van der Waals surface area contributed by atoms with Gasteiger partial charge in [0.2, 0.25) is 0 Å². The molecule has 0 atom stereocenters. The number of ether oxygens (including phenoxy) is 1. The first-order valence-corrected chi connectivity index (χ1v) is 6.01. The number of hydrogen-bond acceptors (Lipinski definition) is 3. The largest absolute Gasteiger partial charge is 0.393 e. The molecule has 0 aliphatic heterocycles. The summed E-state index contributed by atoms with van der Waals surface area (Å²) in [6, 6.07) is 0. The Balaban J connectivity index is 3.25. The van der Waals surface area contributed by atoms with Gasteiger partial charge in [-0.25, -0.2) is 0 Å². The summed E-state index contributed by atoms with van der Waals surface area (Å²) in [5.74, 6) is 0. The minimum atomic E-state index is 0.327. The van der Waals surface area contributed by atoms with Crippen molar-refractivity contribution in [3.63, 3.8) is 0 Å². The molecular formula is C11H24N2OS. The molecule has 90 valence electrons. The molecule has 0 aromatic carbocycles. The van der Waals surface area contributed by atoms with Crippen LogP contribution in [0.25, 0.3) is 0 Å². The van der Waals surface area contributed by atoms with Crippen LogP contribution in [0.15, 0.2) is 0 Å². The van der Waals surface area contributed by atoms with Gasteiger partial charge in [0, 0.05) is 6.54 Å². The average Bonchev–Trinajstić information content (AvgIpc) is 2.11. The molecule has 0 saturated carbocycles. The van der Waals surface area contributed by atoms with Crippen molar-refractivity contribution in [1.29, 1.82) is 0 Å². The fourth-order valence-electron chi connectivity index (χ4n) is 1.24. The second-order valence-electron chi connectivity index (χ2n) is 4.15. The van der Waals surface area contributed by atoms with Gasteiger partial charge in [0.25, 0.3) is 0 Å². The first-order valence-electron chi connectivity index (χ1n) is 5.61. The van der Waals surface area contributed by atoms with Gasteiger partial charge in [-0.2, -0.15) is 0 Å². The van der Waals surface area contributed by atoms with Crippen molar-refractivity contribution < 1.29 is 4.74 Å². The quantitative estimate of drug-likeness (QED) is 0.486. The summed E-state index contributed by atoms with van der Waals surface area (Å²) in [6.07, 6.45) is 3.43. The highest BCUT2D eigenvalue weighted by Crippen LogP contribution is 1.98.